The Labute approximate surface area is 96.7 Å². The van der Waals surface area contributed by atoms with Crippen molar-refractivity contribution in [3.63, 3.8) is 0 Å². The zero-order valence-corrected chi connectivity index (χ0v) is 10.4. The summed E-state index contributed by atoms with van der Waals surface area (Å²) in [4.78, 5) is 22.9. The second-order valence-corrected chi connectivity index (χ2v) is 4.32. The van der Waals surface area contributed by atoms with Gasteiger partial charge in [0.25, 0.3) is 0 Å². The van der Waals surface area contributed by atoms with E-state index in [1.54, 1.807) is 6.92 Å². The molecule has 0 fully saturated rings. The van der Waals surface area contributed by atoms with Gasteiger partial charge >= 0.3 is 5.97 Å². The SMILES string of the molecule is COC(=O)C(C)NC(=O)C(CN)CC(C)C. The maximum atomic E-state index is 11.7. The molecule has 0 heterocycles. The van der Waals surface area contributed by atoms with Crippen LogP contribution in [0.1, 0.15) is 27.2 Å². The Balaban J connectivity index is 4.25. The van der Waals surface area contributed by atoms with Crippen LogP contribution < -0.4 is 11.1 Å². The number of carbonyl (C=O) groups is 2. The van der Waals surface area contributed by atoms with E-state index in [-0.39, 0.29) is 18.4 Å². The molecule has 0 saturated carbocycles. The lowest BCUT2D eigenvalue weighted by atomic mass is 9.96. The number of hydrogen-bond acceptors (Lipinski definition) is 4. The Bertz CT molecular complexity index is 241. The molecule has 3 N–H and O–H groups in total. The molecule has 2 unspecified atom stereocenters. The fourth-order valence-electron chi connectivity index (χ4n) is 1.45. The van der Waals surface area contributed by atoms with Crippen molar-refractivity contribution in [1.82, 2.24) is 5.32 Å². The molecule has 0 aliphatic carbocycles. The van der Waals surface area contributed by atoms with Crippen LogP contribution in [0.3, 0.4) is 0 Å². The minimum absolute atomic E-state index is 0.186. The van der Waals surface area contributed by atoms with E-state index in [4.69, 9.17) is 5.73 Å². The van der Waals surface area contributed by atoms with Crippen molar-refractivity contribution >= 4 is 11.9 Å². The largest absolute Gasteiger partial charge is 0.467 e. The summed E-state index contributed by atoms with van der Waals surface area (Å²) in [5.41, 5.74) is 5.53. The Kier molecular flexibility index (Phi) is 6.72. The molecule has 1 amide bonds. The Morgan fingerprint density at radius 2 is 1.88 bits per heavy atom. The van der Waals surface area contributed by atoms with Crippen molar-refractivity contribution in [2.45, 2.75) is 33.2 Å². The van der Waals surface area contributed by atoms with Gasteiger partial charge in [-0.25, -0.2) is 4.79 Å². The molecule has 94 valence electrons. The molecule has 2 atom stereocenters. The summed E-state index contributed by atoms with van der Waals surface area (Å²) in [6.07, 6.45) is 0.718. The van der Waals surface area contributed by atoms with Crippen LogP contribution in [0.4, 0.5) is 0 Å². The lowest BCUT2D eigenvalue weighted by Gasteiger charge is -2.19. The van der Waals surface area contributed by atoms with Gasteiger partial charge in [-0.2, -0.15) is 0 Å². The van der Waals surface area contributed by atoms with Gasteiger partial charge in [0.1, 0.15) is 6.04 Å². The normalized spacial score (nSPS) is 14.4. The number of ether oxygens (including phenoxy) is 1. The van der Waals surface area contributed by atoms with E-state index < -0.39 is 12.0 Å². The van der Waals surface area contributed by atoms with Crippen molar-refractivity contribution in [2.75, 3.05) is 13.7 Å². The zero-order chi connectivity index (χ0) is 12.7. The quantitative estimate of drug-likeness (QED) is 0.642. The average molecular weight is 230 g/mol. The monoisotopic (exact) mass is 230 g/mol. The molecule has 5 nitrogen and oxygen atoms in total. The minimum atomic E-state index is -0.626. The fraction of sp³-hybridized carbons (Fsp3) is 0.818. The molecule has 0 aromatic heterocycles. The van der Waals surface area contributed by atoms with E-state index in [0.717, 1.165) is 6.42 Å². The number of amides is 1. The number of nitrogens with one attached hydrogen (secondary N) is 1. The predicted molar refractivity (Wildman–Crippen MR) is 61.6 cm³/mol. The number of esters is 1. The number of carbonyl (C=O) groups excluding carboxylic acids is 2. The van der Waals surface area contributed by atoms with Crippen LogP contribution in [-0.4, -0.2) is 31.6 Å². The predicted octanol–water partition coefficient (Wildman–Crippen LogP) is 0.285. The number of hydrogen-bond donors (Lipinski definition) is 2. The van der Waals surface area contributed by atoms with E-state index in [2.05, 4.69) is 10.1 Å². The summed E-state index contributed by atoms with van der Waals surface area (Å²) in [5.74, 6) is -0.484. The Morgan fingerprint density at radius 1 is 1.31 bits per heavy atom. The molecule has 0 aromatic rings. The van der Waals surface area contributed by atoms with Gasteiger partial charge in [0.2, 0.25) is 5.91 Å². The lowest BCUT2D eigenvalue weighted by molar-refractivity contribution is -0.145. The highest BCUT2D eigenvalue weighted by Gasteiger charge is 2.22. The summed E-state index contributed by atoms with van der Waals surface area (Å²) in [6.45, 7) is 5.93. The van der Waals surface area contributed by atoms with Gasteiger partial charge in [-0.3, -0.25) is 4.79 Å². The summed E-state index contributed by atoms with van der Waals surface area (Å²) >= 11 is 0. The van der Waals surface area contributed by atoms with E-state index in [1.807, 2.05) is 13.8 Å². The maximum Gasteiger partial charge on any atom is 0.328 e. The van der Waals surface area contributed by atoms with Crippen LogP contribution in [0.2, 0.25) is 0 Å². The summed E-state index contributed by atoms with van der Waals surface area (Å²) in [5, 5.41) is 2.59. The lowest BCUT2D eigenvalue weighted by Crippen LogP contribution is -2.44. The van der Waals surface area contributed by atoms with Crippen molar-refractivity contribution in [3.8, 4) is 0 Å². The van der Waals surface area contributed by atoms with Crippen molar-refractivity contribution in [3.05, 3.63) is 0 Å². The van der Waals surface area contributed by atoms with Gasteiger partial charge in [0.05, 0.1) is 13.0 Å². The first-order valence-electron chi connectivity index (χ1n) is 5.50. The van der Waals surface area contributed by atoms with E-state index in [9.17, 15) is 9.59 Å². The molecular formula is C11H22N2O3. The van der Waals surface area contributed by atoms with Gasteiger partial charge in [0.15, 0.2) is 0 Å². The van der Waals surface area contributed by atoms with E-state index in [0.29, 0.717) is 5.92 Å². The standard InChI is InChI=1S/C11H22N2O3/c1-7(2)5-9(6-12)10(14)13-8(3)11(15)16-4/h7-9H,5-6,12H2,1-4H3,(H,13,14). The van der Waals surface area contributed by atoms with E-state index >= 15 is 0 Å². The molecule has 5 heteroatoms. The van der Waals surface area contributed by atoms with Gasteiger partial charge in [-0.05, 0) is 19.3 Å². The second-order valence-electron chi connectivity index (χ2n) is 4.32. The first-order valence-corrected chi connectivity index (χ1v) is 5.50. The van der Waals surface area contributed by atoms with Crippen LogP contribution in [0.25, 0.3) is 0 Å². The first-order chi connectivity index (χ1) is 7.42. The molecular weight excluding hydrogens is 208 g/mol. The van der Waals surface area contributed by atoms with Crippen molar-refractivity contribution in [2.24, 2.45) is 17.6 Å². The third-order valence-corrected chi connectivity index (χ3v) is 2.32. The van der Waals surface area contributed by atoms with Crippen molar-refractivity contribution in [1.29, 1.82) is 0 Å². The maximum absolute atomic E-state index is 11.7. The van der Waals surface area contributed by atoms with Crippen LogP contribution >= 0.6 is 0 Å². The Morgan fingerprint density at radius 3 is 2.25 bits per heavy atom. The van der Waals surface area contributed by atoms with E-state index in [1.165, 1.54) is 7.11 Å². The number of rotatable bonds is 6. The average Bonchev–Trinajstić information content (AvgIpc) is 2.23. The van der Waals surface area contributed by atoms with Crippen LogP contribution in [0, 0.1) is 11.8 Å². The highest BCUT2D eigenvalue weighted by molar-refractivity contribution is 5.85. The molecule has 0 bridgehead atoms. The molecule has 16 heavy (non-hydrogen) atoms. The third-order valence-electron chi connectivity index (χ3n) is 2.32. The molecule has 0 radical (unpaired) electrons. The van der Waals surface area contributed by atoms with Crippen LogP contribution in [0.5, 0.6) is 0 Å². The third kappa shape index (κ3) is 5.11. The zero-order valence-electron chi connectivity index (χ0n) is 10.4. The van der Waals surface area contributed by atoms with Crippen LogP contribution in [0.15, 0.2) is 0 Å². The van der Waals surface area contributed by atoms with Crippen LogP contribution in [-0.2, 0) is 14.3 Å². The number of nitrogens with two attached hydrogens (primary N) is 1. The highest BCUT2D eigenvalue weighted by Crippen LogP contribution is 2.10. The number of methoxy groups -OCH3 is 1. The molecule has 0 aromatic carbocycles. The van der Waals surface area contributed by atoms with Gasteiger partial charge in [-0.15, -0.1) is 0 Å². The molecule has 0 saturated heterocycles. The van der Waals surface area contributed by atoms with Gasteiger partial charge in [-0.1, -0.05) is 13.8 Å². The van der Waals surface area contributed by atoms with Crippen molar-refractivity contribution < 1.29 is 14.3 Å². The molecule has 0 aliphatic rings. The molecule has 0 spiro atoms. The Hall–Kier alpha value is -1.10. The molecule has 0 aliphatic heterocycles. The smallest absolute Gasteiger partial charge is 0.328 e. The van der Waals surface area contributed by atoms with Gasteiger partial charge in [0, 0.05) is 6.54 Å². The summed E-state index contributed by atoms with van der Waals surface area (Å²) < 4.78 is 4.52. The minimum Gasteiger partial charge on any atom is -0.467 e. The topological polar surface area (TPSA) is 81.4 Å². The second kappa shape index (κ2) is 7.22. The fourth-order valence-corrected chi connectivity index (χ4v) is 1.45. The summed E-state index contributed by atoms with van der Waals surface area (Å²) in [7, 11) is 1.29. The summed E-state index contributed by atoms with van der Waals surface area (Å²) in [6, 6.07) is -0.626. The highest BCUT2D eigenvalue weighted by atomic mass is 16.5. The van der Waals surface area contributed by atoms with Gasteiger partial charge < -0.3 is 15.8 Å². The molecule has 0 rings (SSSR count). The first kappa shape index (κ1) is 14.9.